The molecule has 2 N–H and O–H groups in total. The van der Waals surface area contributed by atoms with Crippen LogP contribution in [0.15, 0.2) is 0 Å². The molecule has 2 amide bonds. The van der Waals surface area contributed by atoms with Gasteiger partial charge in [-0.3, -0.25) is 0 Å². The molecule has 0 aromatic rings. The maximum absolute atomic E-state index is 11.8. The molecule has 0 unspecified atom stereocenters. The molecule has 0 radical (unpaired) electrons. The Labute approximate surface area is 99.1 Å². The van der Waals surface area contributed by atoms with E-state index in [4.69, 9.17) is 0 Å². The van der Waals surface area contributed by atoms with Crippen LogP contribution in [-0.2, 0) is 0 Å². The molecular formula is C11H19F3N2O. The van der Waals surface area contributed by atoms with Gasteiger partial charge in [0.25, 0.3) is 0 Å². The number of carbonyl (C=O) groups is 1. The summed E-state index contributed by atoms with van der Waals surface area (Å²) in [7, 11) is 0. The highest BCUT2D eigenvalue weighted by Gasteiger charge is 2.28. The van der Waals surface area contributed by atoms with Crippen molar-refractivity contribution in [3.05, 3.63) is 0 Å². The molecule has 6 heteroatoms. The fourth-order valence-electron chi connectivity index (χ4n) is 2.13. The Morgan fingerprint density at radius 3 is 2.29 bits per heavy atom. The molecule has 0 aliphatic heterocycles. The van der Waals surface area contributed by atoms with Crippen molar-refractivity contribution < 1.29 is 18.0 Å². The van der Waals surface area contributed by atoms with E-state index in [2.05, 4.69) is 12.2 Å². The molecule has 0 aromatic heterocycles. The molecule has 0 atom stereocenters. The Morgan fingerprint density at radius 2 is 1.82 bits per heavy atom. The Kier molecular flexibility index (Phi) is 5.08. The Bertz CT molecular complexity index is 248. The van der Waals surface area contributed by atoms with Gasteiger partial charge in [0.05, 0.1) is 0 Å². The van der Waals surface area contributed by atoms with Gasteiger partial charge in [-0.25, -0.2) is 4.79 Å². The van der Waals surface area contributed by atoms with Gasteiger partial charge in [0.15, 0.2) is 0 Å². The SMILES string of the molecule is CCC1CCC(NC(=O)NCC(F)(F)F)CC1. The molecule has 1 rings (SSSR count). The summed E-state index contributed by atoms with van der Waals surface area (Å²) in [6, 6.07) is -0.701. The fraction of sp³-hybridized carbons (Fsp3) is 0.909. The molecule has 0 saturated heterocycles. The second-order valence-electron chi connectivity index (χ2n) is 4.57. The summed E-state index contributed by atoms with van der Waals surface area (Å²) in [5, 5.41) is 4.41. The minimum absolute atomic E-state index is 0.0195. The van der Waals surface area contributed by atoms with Crippen LogP contribution < -0.4 is 10.6 Å². The van der Waals surface area contributed by atoms with Crippen LogP contribution in [0.3, 0.4) is 0 Å². The van der Waals surface area contributed by atoms with Crippen LogP contribution in [0.1, 0.15) is 39.0 Å². The predicted molar refractivity (Wildman–Crippen MR) is 58.6 cm³/mol. The van der Waals surface area contributed by atoms with Gasteiger partial charge in [-0.2, -0.15) is 13.2 Å². The van der Waals surface area contributed by atoms with Crippen LogP contribution in [0, 0.1) is 5.92 Å². The van der Waals surface area contributed by atoms with Crippen molar-refractivity contribution in [3.8, 4) is 0 Å². The smallest absolute Gasteiger partial charge is 0.335 e. The molecular weight excluding hydrogens is 233 g/mol. The van der Waals surface area contributed by atoms with E-state index in [9.17, 15) is 18.0 Å². The number of amides is 2. The minimum Gasteiger partial charge on any atom is -0.335 e. The van der Waals surface area contributed by atoms with Crippen LogP contribution in [0.5, 0.6) is 0 Å². The quantitative estimate of drug-likeness (QED) is 0.796. The lowest BCUT2D eigenvalue weighted by molar-refractivity contribution is -0.122. The summed E-state index contributed by atoms with van der Waals surface area (Å²) in [6.07, 6.45) is 0.585. The Balaban J connectivity index is 2.19. The van der Waals surface area contributed by atoms with Crippen LogP contribution in [-0.4, -0.2) is 24.8 Å². The molecule has 1 aliphatic rings. The van der Waals surface area contributed by atoms with Gasteiger partial charge in [-0.15, -0.1) is 0 Å². The number of rotatable bonds is 3. The summed E-state index contributed by atoms with van der Waals surface area (Å²) in [4.78, 5) is 11.2. The van der Waals surface area contributed by atoms with Gasteiger partial charge in [0.1, 0.15) is 6.54 Å². The molecule has 17 heavy (non-hydrogen) atoms. The molecule has 0 heterocycles. The van der Waals surface area contributed by atoms with E-state index in [0.717, 1.165) is 32.1 Å². The lowest BCUT2D eigenvalue weighted by Crippen LogP contribution is -2.46. The van der Waals surface area contributed by atoms with E-state index in [1.165, 1.54) is 0 Å². The normalized spacial score (nSPS) is 25.4. The first kappa shape index (κ1) is 14.1. The van der Waals surface area contributed by atoms with Gasteiger partial charge in [-0.05, 0) is 31.6 Å². The zero-order valence-electron chi connectivity index (χ0n) is 9.94. The number of hydrogen-bond donors (Lipinski definition) is 2. The summed E-state index contributed by atoms with van der Waals surface area (Å²) in [6.45, 7) is 0.859. The average molecular weight is 252 g/mol. The lowest BCUT2D eigenvalue weighted by atomic mass is 9.85. The zero-order valence-corrected chi connectivity index (χ0v) is 9.94. The Hall–Kier alpha value is -0.940. The maximum Gasteiger partial charge on any atom is 0.405 e. The van der Waals surface area contributed by atoms with E-state index in [1.54, 1.807) is 0 Å². The van der Waals surface area contributed by atoms with Crippen LogP contribution in [0.2, 0.25) is 0 Å². The molecule has 1 aliphatic carbocycles. The van der Waals surface area contributed by atoms with Gasteiger partial charge in [0, 0.05) is 6.04 Å². The molecule has 0 spiro atoms. The molecule has 100 valence electrons. The summed E-state index contributed by atoms with van der Waals surface area (Å²) in [5.74, 6) is 0.700. The molecule has 3 nitrogen and oxygen atoms in total. The van der Waals surface area contributed by atoms with Gasteiger partial charge in [0.2, 0.25) is 0 Å². The van der Waals surface area contributed by atoms with E-state index < -0.39 is 18.8 Å². The highest BCUT2D eigenvalue weighted by Crippen LogP contribution is 2.26. The summed E-state index contributed by atoms with van der Waals surface area (Å²) in [5.41, 5.74) is 0. The van der Waals surface area contributed by atoms with Crippen LogP contribution >= 0.6 is 0 Å². The average Bonchev–Trinajstić information content (AvgIpc) is 2.27. The fourth-order valence-corrected chi connectivity index (χ4v) is 2.13. The van der Waals surface area contributed by atoms with E-state index >= 15 is 0 Å². The number of carbonyl (C=O) groups excluding carboxylic acids is 1. The molecule has 1 fully saturated rings. The minimum atomic E-state index is -4.35. The van der Waals surface area contributed by atoms with Crippen molar-refractivity contribution in [3.63, 3.8) is 0 Å². The first-order valence-corrected chi connectivity index (χ1v) is 6.02. The summed E-state index contributed by atoms with van der Waals surface area (Å²) < 4.78 is 35.5. The number of halogens is 3. The zero-order chi connectivity index (χ0) is 12.9. The third-order valence-corrected chi connectivity index (χ3v) is 3.21. The number of urea groups is 1. The predicted octanol–water partition coefficient (Wildman–Crippen LogP) is 2.82. The first-order valence-electron chi connectivity index (χ1n) is 6.02. The highest BCUT2D eigenvalue weighted by atomic mass is 19.4. The van der Waals surface area contributed by atoms with Crippen molar-refractivity contribution >= 4 is 6.03 Å². The number of nitrogens with one attached hydrogen (secondary N) is 2. The van der Waals surface area contributed by atoms with Crippen molar-refractivity contribution in [2.45, 2.75) is 51.2 Å². The molecule has 1 saturated carbocycles. The maximum atomic E-state index is 11.8. The highest BCUT2D eigenvalue weighted by molar-refractivity contribution is 5.74. The van der Waals surface area contributed by atoms with Crippen molar-refractivity contribution in [2.24, 2.45) is 5.92 Å². The van der Waals surface area contributed by atoms with Crippen LogP contribution in [0.25, 0.3) is 0 Å². The third-order valence-electron chi connectivity index (χ3n) is 3.21. The molecule has 0 bridgehead atoms. The molecule has 0 aromatic carbocycles. The third kappa shape index (κ3) is 5.79. The largest absolute Gasteiger partial charge is 0.405 e. The topological polar surface area (TPSA) is 41.1 Å². The number of alkyl halides is 3. The van der Waals surface area contributed by atoms with E-state index in [0.29, 0.717) is 5.92 Å². The lowest BCUT2D eigenvalue weighted by Gasteiger charge is -2.28. The first-order chi connectivity index (χ1) is 7.90. The van der Waals surface area contributed by atoms with Crippen molar-refractivity contribution in [1.29, 1.82) is 0 Å². The van der Waals surface area contributed by atoms with E-state index in [1.807, 2.05) is 5.32 Å². The van der Waals surface area contributed by atoms with Gasteiger partial charge in [-0.1, -0.05) is 13.3 Å². The van der Waals surface area contributed by atoms with E-state index in [-0.39, 0.29) is 6.04 Å². The summed E-state index contributed by atoms with van der Waals surface area (Å²) >= 11 is 0. The van der Waals surface area contributed by atoms with Crippen molar-refractivity contribution in [1.82, 2.24) is 10.6 Å². The monoisotopic (exact) mass is 252 g/mol. The van der Waals surface area contributed by atoms with Gasteiger partial charge >= 0.3 is 12.2 Å². The van der Waals surface area contributed by atoms with Crippen molar-refractivity contribution in [2.75, 3.05) is 6.54 Å². The Morgan fingerprint density at radius 1 is 1.24 bits per heavy atom. The standard InChI is InChI=1S/C11H19F3N2O/c1-2-8-3-5-9(6-4-8)16-10(17)15-7-11(12,13)14/h8-9H,2-7H2,1H3,(H2,15,16,17). The second kappa shape index (κ2) is 6.12. The number of hydrogen-bond acceptors (Lipinski definition) is 1. The second-order valence-corrected chi connectivity index (χ2v) is 4.57. The van der Waals surface area contributed by atoms with Crippen LogP contribution in [0.4, 0.5) is 18.0 Å². The van der Waals surface area contributed by atoms with Gasteiger partial charge < -0.3 is 10.6 Å².